The molecule has 1 atom stereocenters. The number of carboxylic acids is 1. The van der Waals surface area contributed by atoms with Gasteiger partial charge in [0.2, 0.25) is 9.84 Å². The Morgan fingerprint density at radius 2 is 1.79 bits per heavy atom. The first kappa shape index (κ1) is 23.5. The predicted molar refractivity (Wildman–Crippen MR) is 124 cm³/mol. The van der Waals surface area contributed by atoms with Gasteiger partial charge in [-0.3, -0.25) is 9.79 Å². The fraction of sp³-hybridized carbons (Fsp3) is 0.250. The van der Waals surface area contributed by atoms with Crippen LogP contribution < -0.4 is 15.5 Å². The SMILES string of the molecule is Cc1cc(N(C)c2ccc(S(=O)(=O)c3c(F)ccc4c3=C(CC(=O)O)C(C)N=4)cc2)nc(C)n1. The van der Waals surface area contributed by atoms with Gasteiger partial charge >= 0.3 is 5.97 Å². The highest BCUT2D eigenvalue weighted by atomic mass is 32.2. The van der Waals surface area contributed by atoms with Gasteiger partial charge in [0.15, 0.2) is 0 Å². The van der Waals surface area contributed by atoms with Gasteiger partial charge in [-0.05, 0) is 62.7 Å². The lowest BCUT2D eigenvalue weighted by Crippen LogP contribution is -2.32. The zero-order chi connectivity index (χ0) is 24.8. The molecule has 0 saturated heterocycles. The molecular weight excluding hydrogens is 459 g/mol. The van der Waals surface area contributed by atoms with Crippen LogP contribution in [-0.2, 0) is 14.6 Å². The first-order chi connectivity index (χ1) is 16.0. The van der Waals surface area contributed by atoms with Crippen molar-refractivity contribution in [3.63, 3.8) is 0 Å². The van der Waals surface area contributed by atoms with Crippen LogP contribution in [0.15, 0.2) is 57.2 Å². The first-order valence-electron chi connectivity index (χ1n) is 10.5. The lowest BCUT2D eigenvalue weighted by Gasteiger charge is -2.19. The molecule has 0 amide bonds. The van der Waals surface area contributed by atoms with Crippen molar-refractivity contribution < 1.29 is 22.7 Å². The molecule has 1 unspecified atom stereocenters. The Hall–Kier alpha value is -3.66. The Kier molecular flexibility index (Phi) is 5.94. The number of hydrogen-bond acceptors (Lipinski definition) is 7. The molecule has 1 N–H and O–H groups in total. The highest BCUT2D eigenvalue weighted by molar-refractivity contribution is 7.91. The van der Waals surface area contributed by atoms with Gasteiger partial charge in [-0.1, -0.05) is 0 Å². The number of halogens is 1. The Bertz CT molecular complexity index is 1520. The minimum absolute atomic E-state index is 0.0445. The quantitative estimate of drug-likeness (QED) is 0.574. The van der Waals surface area contributed by atoms with Crippen molar-refractivity contribution in [2.24, 2.45) is 4.99 Å². The van der Waals surface area contributed by atoms with Gasteiger partial charge < -0.3 is 10.0 Å². The van der Waals surface area contributed by atoms with Crippen LogP contribution in [0.5, 0.6) is 0 Å². The molecular formula is C24H23FN4O4S. The van der Waals surface area contributed by atoms with E-state index in [0.717, 1.165) is 11.8 Å². The number of sulfone groups is 1. The molecule has 2 heterocycles. The Labute approximate surface area is 196 Å². The second-order valence-electron chi connectivity index (χ2n) is 8.14. The van der Waals surface area contributed by atoms with Gasteiger partial charge in [-0.25, -0.2) is 22.8 Å². The topological polar surface area (TPSA) is 113 Å². The van der Waals surface area contributed by atoms with Gasteiger partial charge in [0.1, 0.15) is 22.4 Å². The van der Waals surface area contributed by atoms with Crippen LogP contribution in [0.4, 0.5) is 15.9 Å². The van der Waals surface area contributed by atoms with Gasteiger partial charge in [0, 0.05) is 29.7 Å². The fourth-order valence-electron chi connectivity index (χ4n) is 4.09. The molecule has 4 rings (SSSR count). The third-order valence-corrected chi connectivity index (χ3v) is 7.52. The van der Waals surface area contributed by atoms with Crippen LogP contribution in [0.3, 0.4) is 0 Å². The minimum Gasteiger partial charge on any atom is -0.481 e. The Morgan fingerprint density at radius 3 is 2.41 bits per heavy atom. The molecule has 0 radical (unpaired) electrons. The molecule has 176 valence electrons. The Morgan fingerprint density at radius 1 is 1.12 bits per heavy atom. The number of aromatic nitrogens is 2. The highest BCUT2D eigenvalue weighted by Crippen LogP contribution is 2.27. The molecule has 0 bridgehead atoms. The molecule has 1 aromatic heterocycles. The van der Waals surface area contributed by atoms with Crippen LogP contribution in [0.25, 0.3) is 5.57 Å². The van der Waals surface area contributed by atoms with Crippen molar-refractivity contribution in [1.82, 2.24) is 9.97 Å². The molecule has 0 saturated carbocycles. The average molecular weight is 483 g/mol. The normalized spacial score (nSPS) is 15.1. The maximum Gasteiger partial charge on any atom is 0.307 e. The van der Waals surface area contributed by atoms with Crippen molar-refractivity contribution in [2.45, 2.75) is 43.0 Å². The van der Waals surface area contributed by atoms with Crippen molar-refractivity contribution in [3.8, 4) is 0 Å². The number of rotatable bonds is 6. The summed E-state index contributed by atoms with van der Waals surface area (Å²) < 4.78 is 42.0. The summed E-state index contributed by atoms with van der Waals surface area (Å²) in [4.78, 5) is 25.5. The summed E-state index contributed by atoms with van der Waals surface area (Å²) in [5, 5.41) is 9.61. The van der Waals surface area contributed by atoms with E-state index in [-0.39, 0.29) is 21.0 Å². The largest absolute Gasteiger partial charge is 0.481 e. The summed E-state index contributed by atoms with van der Waals surface area (Å²) in [6, 6.07) is 9.68. The summed E-state index contributed by atoms with van der Waals surface area (Å²) in [6.07, 6.45) is -0.425. The lowest BCUT2D eigenvalue weighted by molar-refractivity contribution is -0.135. The van der Waals surface area contributed by atoms with Crippen LogP contribution in [0, 0.1) is 19.7 Å². The first-order valence-corrected chi connectivity index (χ1v) is 12.0. The second-order valence-corrected chi connectivity index (χ2v) is 10.0. The van der Waals surface area contributed by atoms with E-state index in [1.165, 1.54) is 18.2 Å². The summed E-state index contributed by atoms with van der Waals surface area (Å²) in [5.74, 6) is -0.822. The average Bonchev–Trinajstić information content (AvgIpc) is 3.07. The van der Waals surface area contributed by atoms with Gasteiger partial charge in [0.05, 0.1) is 22.7 Å². The molecule has 0 fully saturated rings. The van der Waals surface area contributed by atoms with E-state index in [4.69, 9.17) is 0 Å². The number of aliphatic carboxylic acids is 1. The van der Waals surface area contributed by atoms with Gasteiger partial charge in [-0.2, -0.15) is 0 Å². The standard InChI is InChI=1S/C24H23FN4O4S/c1-13-11-21(28-15(3)26-13)29(4)16-5-7-17(8-6-16)34(32,33)24-19(25)9-10-20-23(24)18(12-22(30)31)14(2)27-20/h5-11,14H,12H2,1-4H3,(H,30,31). The minimum atomic E-state index is -4.30. The molecule has 2 aromatic carbocycles. The number of fused-ring (bicyclic) bond motifs is 1. The number of aryl methyl sites for hydroxylation is 2. The number of hydrogen-bond donors (Lipinski definition) is 1. The van der Waals surface area contributed by atoms with Crippen LogP contribution >= 0.6 is 0 Å². The second kappa shape index (κ2) is 8.60. The van der Waals surface area contributed by atoms with Gasteiger partial charge in [0.25, 0.3) is 0 Å². The van der Waals surface area contributed by atoms with Gasteiger partial charge in [-0.15, -0.1) is 0 Å². The van der Waals surface area contributed by atoms with E-state index in [1.54, 1.807) is 37.9 Å². The molecule has 34 heavy (non-hydrogen) atoms. The number of anilines is 2. The summed E-state index contributed by atoms with van der Waals surface area (Å²) in [6.45, 7) is 5.31. The third-order valence-electron chi connectivity index (χ3n) is 5.69. The maximum atomic E-state index is 15.0. The maximum absolute atomic E-state index is 15.0. The lowest BCUT2D eigenvalue weighted by atomic mass is 10.0. The van der Waals surface area contributed by atoms with E-state index in [2.05, 4.69) is 15.0 Å². The van der Waals surface area contributed by atoms with E-state index >= 15 is 0 Å². The summed E-state index contributed by atoms with van der Waals surface area (Å²) in [7, 11) is -2.50. The number of nitrogens with zero attached hydrogens (tertiary/aromatic N) is 4. The van der Waals surface area contributed by atoms with E-state index in [0.29, 0.717) is 17.3 Å². The third kappa shape index (κ3) is 4.16. The molecule has 0 aliphatic carbocycles. The summed E-state index contributed by atoms with van der Waals surface area (Å²) in [5.41, 5.74) is 1.75. The number of benzene rings is 2. The molecule has 3 aromatic rings. The number of carboxylic acid groups (broad SMARTS) is 1. The molecule has 1 aliphatic rings. The monoisotopic (exact) mass is 482 g/mol. The van der Waals surface area contributed by atoms with Crippen molar-refractivity contribution >= 4 is 32.9 Å². The predicted octanol–water partition coefficient (Wildman–Crippen LogP) is 2.48. The van der Waals surface area contributed by atoms with E-state index < -0.39 is 39.0 Å². The smallest absolute Gasteiger partial charge is 0.307 e. The number of carbonyl (C=O) groups is 1. The zero-order valence-corrected chi connectivity index (χ0v) is 19.9. The van der Waals surface area contributed by atoms with E-state index in [9.17, 15) is 22.7 Å². The molecule has 0 spiro atoms. The molecule has 1 aliphatic heterocycles. The highest BCUT2D eigenvalue weighted by Gasteiger charge is 2.29. The van der Waals surface area contributed by atoms with Crippen molar-refractivity contribution in [2.75, 3.05) is 11.9 Å². The fourth-order valence-corrected chi connectivity index (χ4v) is 5.65. The van der Waals surface area contributed by atoms with Crippen LogP contribution in [0.2, 0.25) is 0 Å². The molecule has 8 nitrogen and oxygen atoms in total. The zero-order valence-electron chi connectivity index (χ0n) is 19.1. The van der Waals surface area contributed by atoms with E-state index in [1.807, 2.05) is 13.0 Å². The van der Waals surface area contributed by atoms with Crippen molar-refractivity contribution in [1.29, 1.82) is 0 Å². The van der Waals surface area contributed by atoms with Crippen LogP contribution in [0.1, 0.15) is 24.9 Å². The molecule has 10 heteroatoms. The Balaban J connectivity index is 1.81. The van der Waals surface area contributed by atoms with Crippen molar-refractivity contribution in [3.05, 3.63) is 70.4 Å². The van der Waals surface area contributed by atoms with Crippen LogP contribution in [-0.4, -0.2) is 42.6 Å². The summed E-state index contributed by atoms with van der Waals surface area (Å²) >= 11 is 0.